The summed E-state index contributed by atoms with van der Waals surface area (Å²) in [5, 5.41) is 3.53. The molecule has 0 radical (unpaired) electrons. The van der Waals surface area contributed by atoms with Crippen molar-refractivity contribution in [1.29, 1.82) is 0 Å². The number of carbonyl (C=O) groups excluding carboxylic acids is 1. The number of piperidine rings is 1. The fraction of sp³-hybridized carbons (Fsp3) is 0.444. The van der Waals surface area contributed by atoms with Gasteiger partial charge in [-0.2, -0.15) is 0 Å². The average molecular weight is 345 g/mol. The summed E-state index contributed by atoms with van der Waals surface area (Å²) < 4.78 is 5.43. The maximum absolute atomic E-state index is 12.6. The molecule has 2 aliphatic heterocycles. The molecular weight excluding hydrogens is 322 g/mol. The Morgan fingerprint density at radius 3 is 2.58 bits per heavy atom. The van der Waals surface area contributed by atoms with Gasteiger partial charge in [-0.05, 0) is 68.8 Å². The second-order valence-corrected chi connectivity index (χ2v) is 6.43. The van der Waals surface area contributed by atoms with Crippen molar-refractivity contribution in [2.24, 2.45) is 0 Å². The molecule has 2 heterocycles. The molecule has 2 aliphatic rings. The van der Waals surface area contributed by atoms with Crippen LogP contribution >= 0.6 is 12.2 Å². The molecule has 1 amide bonds. The number of amides is 1. The van der Waals surface area contributed by atoms with Gasteiger partial charge in [0.1, 0.15) is 11.4 Å². The van der Waals surface area contributed by atoms with Crippen LogP contribution in [0.1, 0.15) is 31.7 Å². The van der Waals surface area contributed by atoms with E-state index in [0.717, 1.165) is 24.4 Å². The normalized spacial score (nSPS) is 20.5. The lowest BCUT2D eigenvalue weighted by atomic mass is 10.1. The van der Waals surface area contributed by atoms with Gasteiger partial charge in [0, 0.05) is 0 Å². The number of carbonyl (C=O) groups is 1. The van der Waals surface area contributed by atoms with Crippen LogP contribution in [0.5, 0.6) is 5.75 Å². The molecule has 128 valence electrons. The standard InChI is InChI=1S/C18H23N3O2S/c1-2-23-15-8-6-14(7-9-15)12-16-17(22)21(18(24)19-16)13-20-10-4-3-5-11-20/h6-9,12H,2-5,10-11,13H2,1H3,(H,19,24). The van der Waals surface area contributed by atoms with Crippen LogP contribution in [0.25, 0.3) is 6.08 Å². The molecule has 3 rings (SSSR count). The summed E-state index contributed by atoms with van der Waals surface area (Å²) in [6.07, 6.45) is 5.49. The Hall–Kier alpha value is -1.92. The number of hydrogen-bond acceptors (Lipinski definition) is 4. The topological polar surface area (TPSA) is 44.8 Å². The predicted octanol–water partition coefficient (Wildman–Crippen LogP) is 2.59. The van der Waals surface area contributed by atoms with Crippen LogP contribution in [0.4, 0.5) is 0 Å². The smallest absolute Gasteiger partial charge is 0.277 e. The highest BCUT2D eigenvalue weighted by molar-refractivity contribution is 7.80. The van der Waals surface area contributed by atoms with Gasteiger partial charge >= 0.3 is 0 Å². The highest BCUT2D eigenvalue weighted by atomic mass is 32.1. The van der Waals surface area contributed by atoms with Crippen molar-refractivity contribution in [3.05, 3.63) is 35.5 Å². The SMILES string of the molecule is CCOc1ccc(C=C2NC(=S)N(CN3CCCCC3)C2=O)cc1. The zero-order valence-corrected chi connectivity index (χ0v) is 14.8. The van der Waals surface area contributed by atoms with Crippen LogP contribution in [-0.4, -0.2) is 47.2 Å². The minimum absolute atomic E-state index is 0.0561. The first-order valence-corrected chi connectivity index (χ1v) is 8.88. The molecule has 0 aliphatic carbocycles. The monoisotopic (exact) mass is 345 g/mol. The zero-order chi connectivity index (χ0) is 16.9. The van der Waals surface area contributed by atoms with Gasteiger partial charge in [0.05, 0.1) is 13.3 Å². The highest BCUT2D eigenvalue weighted by Crippen LogP contribution is 2.18. The number of likely N-dealkylation sites (tertiary alicyclic amines) is 1. The summed E-state index contributed by atoms with van der Waals surface area (Å²) in [5.41, 5.74) is 1.47. The molecule has 0 unspecified atom stereocenters. The summed E-state index contributed by atoms with van der Waals surface area (Å²) in [6.45, 7) is 5.23. The Morgan fingerprint density at radius 1 is 1.21 bits per heavy atom. The van der Waals surface area contributed by atoms with E-state index in [9.17, 15) is 4.79 Å². The summed E-state index contributed by atoms with van der Waals surface area (Å²) in [5.74, 6) is 0.770. The molecule has 0 spiro atoms. The van der Waals surface area contributed by atoms with E-state index in [2.05, 4.69) is 10.2 Å². The van der Waals surface area contributed by atoms with Crippen molar-refractivity contribution in [1.82, 2.24) is 15.1 Å². The van der Waals surface area contributed by atoms with Gasteiger partial charge in [-0.15, -0.1) is 0 Å². The van der Waals surface area contributed by atoms with Gasteiger partial charge in [-0.25, -0.2) is 0 Å². The van der Waals surface area contributed by atoms with Crippen LogP contribution in [-0.2, 0) is 4.79 Å². The summed E-state index contributed by atoms with van der Waals surface area (Å²) in [6, 6.07) is 7.67. The van der Waals surface area contributed by atoms with Crippen molar-refractivity contribution < 1.29 is 9.53 Å². The zero-order valence-electron chi connectivity index (χ0n) is 14.0. The Labute approximate surface area is 148 Å². The largest absolute Gasteiger partial charge is 0.494 e. The molecule has 2 saturated heterocycles. The first kappa shape index (κ1) is 16.9. The van der Waals surface area contributed by atoms with Crippen molar-refractivity contribution >= 4 is 29.3 Å². The van der Waals surface area contributed by atoms with Crippen LogP contribution in [0.3, 0.4) is 0 Å². The summed E-state index contributed by atoms with van der Waals surface area (Å²) in [7, 11) is 0. The van der Waals surface area contributed by atoms with Crippen molar-refractivity contribution in [3.63, 3.8) is 0 Å². The van der Waals surface area contributed by atoms with Gasteiger partial charge in [-0.3, -0.25) is 14.6 Å². The number of benzene rings is 1. The first-order valence-electron chi connectivity index (χ1n) is 8.47. The fourth-order valence-electron chi connectivity index (χ4n) is 2.99. The minimum Gasteiger partial charge on any atom is -0.494 e. The molecule has 1 N–H and O–H groups in total. The maximum atomic E-state index is 12.6. The van der Waals surface area contributed by atoms with Crippen LogP contribution in [0.2, 0.25) is 0 Å². The second-order valence-electron chi connectivity index (χ2n) is 6.04. The number of nitrogens with one attached hydrogen (secondary N) is 1. The van der Waals surface area contributed by atoms with Gasteiger partial charge in [0.15, 0.2) is 5.11 Å². The van der Waals surface area contributed by atoms with E-state index >= 15 is 0 Å². The Kier molecular flexibility index (Phi) is 5.48. The van der Waals surface area contributed by atoms with Crippen molar-refractivity contribution in [2.75, 3.05) is 26.4 Å². The van der Waals surface area contributed by atoms with Crippen LogP contribution in [0, 0.1) is 0 Å². The van der Waals surface area contributed by atoms with Gasteiger partial charge in [0.2, 0.25) is 0 Å². The summed E-state index contributed by atoms with van der Waals surface area (Å²) in [4.78, 5) is 16.6. The lowest BCUT2D eigenvalue weighted by Crippen LogP contribution is -2.43. The molecule has 0 saturated carbocycles. The fourth-order valence-corrected chi connectivity index (χ4v) is 3.25. The number of hydrogen-bond donors (Lipinski definition) is 1. The Morgan fingerprint density at radius 2 is 1.92 bits per heavy atom. The molecule has 0 atom stereocenters. The number of thiocarbonyl (C=S) groups is 1. The minimum atomic E-state index is -0.0561. The third-order valence-corrected chi connectivity index (χ3v) is 4.58. The number of nitrogens with zero attached hydrogens (tertiary/aromatic N) is 2. The van der Waals surface area contributed by atoms with Gasteiger partial charge < -0.3 is 10.1 Å². The molecule has 1 aromatic carbocycles. The third-order valence-electron chi connectivity index (χ3n) is 4.25. The second kappa shape index (κ2) is 7.77. The Bertz CT molecular complexity index is 636. The lowest BCUT2D eigenvalue weighted by Gasteiger charge is -2.29. The average Bonchev–Trinajstić information content (AvgIpc) is 2.85. The van der Waals surface area contributed by atoms with E-state index < -0.39 is 0 Å². The Balaban J connectivity index is 1.68. The molecule has 0 bridgehead atoms. The number of rotatable bonds is 5. The lowest BCUT2D eigenvalue weighted by molar-refractivity contribution is -0.123. The molecule has 5 nitrogen and oxygen atoms in total. The van der Waals surface area contributed by atoms with Crippen LogP contribution < -0.4 is 10.1 Å². The molecule has 2 fully saturated rings. The van der Waals surface area contributed by atoms with Crippen molar-refractivity contribution in [2.45, 2.75) is 26.2 Å². The van der Waals surface area contributed by atoms with E-state index in [-0.39, 0.29) is 5.91 Å². The van der Waals surface area contributed by atoms with Gasteiger partial charge in [-0.1, -0.05) is 18.6 Å². The summed E-state index contributed by atoms with van der Waals surface area (Å²) >= 11 is 5.34. The van der Waals surface area contributed by atoms with E-state index in [1.165, 1.54) is 19.3 Å². The van der Waals surface area contributed by atoms with E-state index in [1.807, 2.05) is 37.3 Å². The molecule has 6 heteroatoms. The number of ether oxygens (including phenoxy) is 1. The van der Waals surface area contributed by atoms with E-state index in [0.29, 0.717) is 24.1 Å². The van der Waals surface area contributed by atoms with E-state index in [4.69, 9.17) is 17.0 Å². The van der Waals surface area contributed by atoms with Crippen molar-refractivity contribution in [3.8, 4) is 5.75 Å². The van der Waals surface area contributed by atoms with Crippen LogP contribution in [0.15, 0.2) is 30.0 Å². The molecule has 1 aromatic rings. The van der Waals surface area contributed by atoms with Gasteiger partial charge in [0.25, 0.3) is 5.91 Å². The molecule has 24 heavy (non-hydrogen) atoms. The molecular formula is C18H23N3O2S. The molecule has 0 aromatic heterocycles. The maximum Gasteiger partial charge on any atom is 0.277 e. The predicted molar refractivity (Wildman–Crippen MR) is 98.5 cm³/mol. The quantitative estimate of drug-likeness (QED) is 0.656. The first-order chi connectivity index (χ1) is 11.7. The highest BCUT2D eigenvalue weighted by Gasteiger charge is 2.32. The van der Waals surface area contributed by atoms with E-state index in [1.54, 1.807) is 4.90 Å². The third kappa shape index (κ3) is 3.94.